The second kappa shape index (κ2) is 5.79. The van der Waals surface area contributed by atoms with Crippen LogP contribution in [0.25, 0.3) is 0 Å². The molecule has 0 saturated heterocycles. The average molecular weight is 258 g/mol. The summed E-state index contributed by atoms with van der Waals surface area (Å²) in [4.78, 5) is 2.53. The van der Waals surface area contributed by atoms with Crippen molar-refractivity contribution in [3.8, 4) is 0 Å². The highest BCUT2D eigenvalue weighted by Gasteiger charge is 2.20. The SMILES string of the molecule is CC(C)(C)C1=CCN(CCc2cccc(N)c2)CC1. The third kappa shape index (κ3) is 4.10. The van der Waals surface area contributed by atoms with Gasteiger partial charge in [-0.15, -0.1) is 0 Å². The van der Waals surface area contributed by atoms with Crippen molar-refractivity contribution in [1.82, 2.24) is 4.90 Å². The van der Waals surface area contributed by atoms with Crippen LogP contribution in [-0.4, -0.2) is 24.5 Å². The number of nitrogens with two attached hydrogens (primary N) is 1. The van der Waals surface area contributed by atoms with E-state index in [0.717, 1.165) is 25.2 Å². The fourth-order valence-electron chi connectivity index (χ4n) is 2.63. The molecule has 2 heteroatoms. The van der Waals surface area contributed by atoms with Gasteiger partial charge in [0.2, 0.25) is 0 Å². The maximum atomic E-state index is 5.81. The first-order valence-electron chi connectivity index (χ1n) is 7.21. The highest BCUT2D eigenvalue weighted by molar-refractivity contribution is 5.40. The minimum Gasteiger partial charge on any atom is -0.399 e. The summed E-state index contributed by atoms with van der Waals surface area (Å²) in [6.45, 7) is 10.3. The van der Waals surface area contributed by atoms with Crippen LogP contribution >= 0.6 is 0 Å². The first-order valence-corrected chi connectivity index (χ1v) is 7.21. The summed E-state index contributed by atoms with van der Waals surface area (Å²) < 4.78 is 0. The lowest BCUT2D eigenvalue weighted by atomic mass is 9.83. The molecule has 0 fully saturated rings. The third-order valence-electron chi connectivity index (χ3n) is 3.92. The number of rotatable bonds is 3. The maximum Gasteiger partial charge on any atom is 0.0316 e. The van der Waals surface area contributed by atoms with Crippen LogP contribution in [0.4, 0.5) is 5.69 Å². The second-order valence-electron chi connectivity index (χ2n) is 6.53. The van der Waals surface area contributed by atoms with Crippen LogP contribution in [0.3, 0.4) is 0 Å². The zero-order chi connectivity index (χ0) is 13.9. The van der Waals surface area contributed by atoms with Crippen LogP contribution in [-0.2, 0) is 6.42 Å². The quantitative estimate of drug-likeness (QED) is 0.664. The molecule has 19 heavy (non-hydrogen) atoms. The second-order valence-corrected chi connectivity index (χ2v) is 6.53. The molecule has 0 unspecified atom stereocenters. The summed E-state index contributed by atoms with van der Waals surface area (Å²) in [5.74, 6) is 0. The summed E-state index contributed by atoms with van der Waals surface area (Å²) in [6.07, 6.45) is 4.72. The highest BCUT2D eigenvalue weighted by Crippen LogP contribution is 2.30. The Morgan fingerprint density at radius 1 is 1.26 bits per heavy atom. The molecular formula is C17H26N2. The first-order chi connectivity index (χ1) is 8.95. The van der Waals surface area contributed by atoms with Gasteiger partial charge in [0.25, 0.3) is 0 Å². The largest absolute Gasteiger partial charge is 0.399 e. The Balaban J connectivity index is 1.85. The lowest BCUT2D eigenvalue weighted by Crippen LogP contribution is -2.32. The van der Waals surface area contributed by atoms with Crippen LogP contribution in [0.15, 0.2) is 35.9 Å². The van der Waals surface area contributed by atoms with E-state index >= 15 is 0 Å². The minimum atomic E-state index is 0.333. The molecule has 1 aliphatic heterocycles. The molecule has 2 N–H and O–H groups in total. The Morgan fingerprint density at radius 2 is 2.05 bits per heavy atom. The Kier molecular flexibility index (Phi) is 4.31. The summed E-state index contributed by atoms with van der Waals surface area (Å²) in [6, 6.07) is 8.23. The van der Waals surface area contributed by atoms with Gasteiger partial charge in [0, 0.05) is 25.3 Å². The van der Waals surface area contributed by atoms with Gasteiger partial charge in [-0.3, -0.25) is 4.90 Å². The molecule has 1 aromatic rings. The summed E-state index contributed by atoms with van der Waals surface area (Å²) in [5.41, 5.74) is 9.95. The Labute approximate surface area is 117 Å². The summed E-state index contributed by atoms with van der Waals surface area (Å²) in [7, 11) is 0. The van der Waals surface area contributed by atoms with Crippen molar-refractivity contribution in [2.75, 3.05) is 25.4 Å². The van der Waals surface area contributed by atoms with Crippen LogP contribution in [0.5, 0.6) is 0 Å². The van der Waals surface area contributed by atoms with Crippen molar-refractivity contribution < 1.29 is 0 Å². The molecule has 0 amide bonds. The zero-order valence-electron chi connectivity index (χ0n) is 12.4. The van der Waals surface area contributed by atoms with E-state index in [0.29, 0.717) is 5.41 Å². The van der Waals surface area contributed by atoms with Gasteiger partial charge in [0.05, 0.1) is 0 Å². The van der Waals surface area contributed by atoms with Crippen molar-refractivity contribution in [3.63, 3.8) is 0 Å². The maximum absolute atomic E-state index is 5.81. The Morgan fingerprint density at radius 3 is 2.63 bits per heavy atom. The molecule has 0 atom stereocenters. The van der Waals surface area contributed by atoms with E-state index < -0.39 is 0 Å². The number of nitrogens with zero attached hydrogens (tertiary/aromatic N) is 1. The molecule has 104 valence electrons. The predicted molar refractivity (Wildman–Crippen MR) is 83.2 cm³/mol. The average Bonchev–Trinajstić information content (AvgIpc) is 2.36. The molecule has 1 heterocycles. The van der Waals surface area contributed by atoms with E-state index in [1.165, 1.54) is 18.5 Å². The van der Waals surface area contributed by atoms with Crippen molar-refractivity contribution in [2.24, 2.45) is 5.41 Å². The molecule has 2 nitrogen and oxygen atoms in total. The Hall–Kier alpha value is -1.28. The Bertz CT molecular complexity index is 455. The lowest BCUT2D eigenvalue weighted by Gasteiger charge is -2.32. The van der Waals surface area contributed by atoms with Gasteiger partial charge in [-0.05, 0) is 36.0 Å². The van der Waals surface area contributed by atoms with E-state index in [9.17, 15) is 0 Å². The monoisotopic (exact) mass is 258 g/mol. The van der Waals surface area contributed by atoms with Crippen molar-refractivity contribution in [1.29, 1.82) is 0 Å². The van der Waals surface area contributed by atoms with Crippen LogP contribution in [0.1, 0.15) is 32.8 Å². The van der Waals surface area contributed by atoms with Gasteiger partial charge in [0.1, 0.15) is 0 Å². The van der Waals surface area contributed by atoms with Crippen molar-refractivity contribution in [2.45, 2.75) is 33.6 Å². The number of hydrogen-bond donors (Lipinski definition) is 1. The number of nitrogen functional groups attached to an aromatic ring is 1. The highest BCUT2D eigenvalue weighted by atomic mass is 15.1. The lowest BCUT2D eigenvalue weighted by molar-refractivity contribution is 0.282. The smallest absolute Gasteiger partial charge is 0.0316 e. The van der Waals surface area contributed by atoms with E-state index in [4.69, 9.17) is 5.73 Å². The summed E-state index contributed by atoms with van der Waals surface area (Å²) >= 11 is 0. The normalized spacial score (nSPS) is 17.3. The van der Waals surface area contributed by atoms with Crippen molar-refractivity contribution in [3.05, 3.63) is 41.5 Å². The molecule has 0 aliphatic carbocycles. The number of benzene rings is 1. The van der Waals surface area contributed by atoms with Crippen LogP contribution in [0.2, 0.25) is 0 Å². The molecular weight excluding hydrogens is 232 g/mol. The van der Waals surface area contributed by atoms with E-state index in [2.05, 4.69) is 43.9 Å². The predicted octanol–water partition coefficient (Wildman–Crippen LogP) is 3.49. The molecule has 0 spiro atoms. The van der Waals surface area contributed by atoms with Gasteiger partial charge >= 0.3 is 0 Å². The minimum absolute atomic E-state index is 0.333. The van der Waals surface area contributed by atoms with Gasteiger partial charge in [0.15, 0.2) is 0 Å². The fraction of sp³-hybridized carbons (Fsp3) is 0.529. The van der Waals surface area contributed by atoms with Crippen LogP contribution < -0.4 is 5.73 Å². The number of anilines is 1. The molecule has 0 radical (unpaired) electrons. The van der Waals surface area contributed by atoms with Crippen LogP contribution in [0, 0.1) is 5.41 Å². The first kappa shape index (κ1) is 14.1. The molecule has 0 saturated carbocycles. The molecule has 1 aromatic carbocycles. The van der Waals surface area contributed by atoms with E-state index in [1.54, 1.807) is 5.57 Å². The molecule has 0 bridgehead atoms. The topological polar surface area (TPSA) is 29.3 Å². The summed E-state index contributed by atoms with van der Waals surface area (Å²) in [5, 5.41) is 0. The van der Waals surface area contributed by atoms with Crippen molar-refractivity contribution >= 4 is 5.69 Å². The fourth-order valence-corrected chi connectivity index (χ4v) is 2.63. The molecule has 2 rings (SSSR count). The van der Waals surface area contributed by atoms with Gasteiger partial charge in [-0.2, -0.15) is 0 Å². The molecule has 0 aromatic heterocycles. The van der Waals surface area contributed by atoms with Gasteiger partial charge in [-0.25, -0.2) is 0 Å². The van der Waals surface area contributed by atoms with E-state index in [1.807, 2.05) is 12.1 Å². The zero-order valence-corrected chi connectivity index (χ0v) is 12.4. The van der Waals surface area contributed by atoms with Gasteiger partial charge < -0.3 is 5.73 Å². The van der Waals surface area contributed by atoms with Gasteiger partial charge in [-0.1, -0.05) is 44.6 Å². The molecule has 1 aliphatic rings. The van der Waals surface area contributed by atoms with E-state index in [-0.39, 0.29) is 0 Å². The number of hydrogen-bond acceptors (Lipinski definition) is 2. The third-order valence-corrected chi connectivity index (χ3v) is 3.92. The standard InChI is InChI=1S/C17H26N2/c1-17(2,3)15-8-11-19(12-9-15)10-7-14-5-4-6-16(18)13-14/h4-6,8,13H,7,9-12,18H2,1-3H3.